The van der Waals surface area contributed by atoms with Gasteiger partial charge in [0.2, 0.25) is 0 Å². The summed E-state index contributed by atoms with van der Waals surface area (Å²) in [5.74, 6) is -0.219. The van der Waals surface area contributed by atoms with Crippen LogP contribution < -0.4 is 0 Å². The second kappa shape index (κ2) is 4.01. The van der Waals surface area contributed by atoms with Crippen molar-refractivity contribution in [2.75, 3.05) is 0 Å². The third-order valence-electron chi connectivity index (χ3n) is 2.83. The molecule has 0 saturated heterocycles. The van der Waals surface area contributed by atoms with Crippen LogP contribution in [0.1, 0.15) is 11.3 Å². The largest absolute Gasteiger partial charge is 0.361 e. The molecule has 0 saturated carbocycles. The highest BCUT2D eigenvalue weighted by Gasteiger charge is 2.05. The molecule has 84 valence electrons. The number of fused-ring (bicyclic) bond motifs is 1. The van der Waals surface area contributed by atoms with Crippen LogP contribution in [0.5, 0.6) is 0 Å². The molecule has 0 atom stereocenters. The molecule has 2 aromatic heterocycles. The van der Waals surface area contributed by atoms with Crippen LogP contribution in [0, 0.1) is 5.82 Å². The van der Waals surface area contributed by atoms with Gasteiger partial charge in [-0.2, -0.15) is 0 Å². The Labute approximate surface area is 98.1 Å². The lowest BCUT2D eigenvalue weighted by Crippen LogP contribution is -1.89. The van der Waals surface area contributed by atoms with Crippen LogP contribution in [0.15, 0.2) is 48.8 Å². The van der Waals surface area contributed by atoms with E-state index in [0.29, 0.717) is 0 Å². The van der Waals surface area contributed by atoms with Crippen molar-refractivity contribution >= 4 is 10.9 Å². The maximum Gasteiger partial charge on any atom is 0.125 e. The van der Waals surface area contributed by atoms with Gasteiger partial charge in [0, 0.05) is 35.4 Å². The van der Waals surface area contributed by atoms with E-state index < -0.39 is 0 Å². The highest BCUT2D eigenvalue weighted by molar-refractivity contribution is 5.83. The fourth-order valence-electron chi connectivity index (χ4n) is 2.00. The normalized spacial score (nSPS) is 10.9. The molecule has 0 bridgehead atoms. The molecule has 0 fully saturated rings. The van der Waals surface area contributed by atoms with Crippen LogP contribution in [-0.2, 0) is 6.42 Å². The Morgan fingerprint density at radius 1 is 1.18 bits per heavy atom. The van der Waals surface area contributed by atoms with E-state index >= 15 is 0 Å². The van der Waals surface area contributed by atoms with Crippen molar-refractivity contribution in [1.82, 2.24) is 9.97 Å². The minimum Gasteiger partial charge on any atom is -0.361 e. The van der Waals surface area contributed by atoms with Gasteiger partial charge in [-0.25, -0.2) is 4.39 Å². The number of halogens is 1. The number of pyridine rings is 1. The van der Waals surface area contributed by atoms with Gasteiger partial charge in [0.25, 0.3) is 0 Å². The minimum absolute atomic E-state index is 0.219. The molecule has 1 aromatic carbocycles. The van der Waals surface area contributed by atoms with Gasteiger partial charge in [-0.3, -0.25) is 4.98 Å². The summed E-state index contributed by atoms with van der Waals surface area (Å²) in [6, 6.07) is 10.7. The average Bonchev–Trinajstić information content (AvgIpc) is 2.73. The fraction of sp³-hybridized carbons (Fsp3) is 0.0714. The maximum atomic E-state index is 13.0. The van der Waals surface area contributed by atoms with Gasteiger partial charge >= 0.3 is 0 Å². The summed E-state index contributed by atoms with van der Waals surface area (Å²) in [5, 5.41) is 1.05. The number of nitrogens with zero attached hydrogens (tertiary/aromatic N) is 1. The first-order valence-electron chi connectivity index (χ1n) is 5.48. The topological polar surface area (TPSA) is 28.7 Å². The van der Waals surface area contributed by atoms with Crippen LogP contribution in [0.2, 0.25) is 0 Å². The zero-order valence-corrected chi connectivity index (χ0v) is 9.15. The summed E-state index contributed by atoms with van der Waals surface area (Å²) < 4.78 is 13.0. The number of benzene rings is 1. The third kappa shape index (κ3) is 1.91. The summed E-state index contributed by atoms with van der Waals surface area (Å²) in [7, 11) is 0. The van der Waals surface area contributed by atoms with E-state index in [1.54, 1.807) is 12.3 Å². The molecule has 3 aromatic rings. The van der Waals surface area contributed by atoms with Crippen molar-refractivity contribution in [3.8, 4) is 0 Å². The highest BCUT2D eigenvalue weighted by atomic mass is 19.1. The first kappa shape index (κ1) is 10.0. The lowest BCUT2D eigenvalue weighted by molar-refractivity contribution is 0.629. The van der Waals surface area contributed by atoms with Crippen LogP contribution in [0.3, 0.4) is 0 Å². The smallest absolute Gasteiger partial charge is 0.125 e. The van der Waals surface area contributed by atoms with Crippen LogP contribution in [-0.4, -0.2) is 9.97 Å². The minimum atomic E-state index is -0.219. The van der Waals surface area contributed by atoms with Crippen molar-refractivity contribution in [3.63, 3.8) is 0 Å². The van der Waals surface area contributed by atoms with Gasteiger partial charge in [-0.05, 0) is 35.9 Å². The molecule has 3 heteroatoms. The molecule has 0 amide bonds. The van der Waals surface area contributed by atoms with Crippen LogP contribution in [0.25, 0.3) is 10.9 Å². The molecular weight excluding hydrogens is 215 g/mol. The van der Waals surface area contributed by atoms with E-state index in [4.69, 9.17) is 0 Å². The zero-order chi connectivity index (χ0) is 11.7. The number of hydrogen-bond donors (Lipinski definition) is 1. The van der Waals surface area contributed by atoms with Gasteiger partial charge in [0.15, 0.2) is 0 Å². The molecule has 0 radical (unpaired) electrons. The highest BCUT2D eigenvalue weighted by Crippen LogP contribution is 2.21. The summed E-state index contributed by atoms with van der Waals surface area (Å²) >= 11 is 0. The van der Waals surface area contributed by atoms with Gasteiger partial charge in [0.05, 0.1) is 0 Å². The number of aromatic nitrogens is 2. The number of H-pyrrole nitrogens is 1. The standard InChI is InChI=1S/C14H11FN2/c15-11-4-5-13-10(9-17-14(13)8-11)7-12-3-1-2-6-16-12/h1-6,8-9,17H,7H2. The van der Waals surface area contributed by atoms with E-state index in [1.165, 1.54) is 12.1 Å². The number of aromatic amines is 1. The molecule has 1 N–H and O–H groups in total. The molecule has 0 spiro atoms. The Hall–Kier alpha value is -2.16. The van der Waals surface area contributed by atoms with Crippen LogP contribution >= 0.6 is 0 Å². The Morgan fingerprint density at radius 3 is 2.94 bits per heavy atom. The molecule has 0 aliphatic heterocycles. The second-order valence-corrected chi connectivity index (χ2v) is 4.00. The van der Waals surface area contributed by atoms with E-state index in [2.05, 4.69) is 9.97 Å². The van der Waals surface area contributed by atoms with Gasteiger partial charge < -0.3 is 4.98 Å². The first-order chi connectivity index (χ1) is 8.33. The molecule has 3 rings (SSSR count). The van der Waals surface area contributed by atoms with E-state index in [0.717, 1.165) is 28.6 Å². The fourth-order valence-corrected chi connectivity index (χ4v) is 2.00. The molecule has 2 nitrogen and oxygen atoms in total. The number of hydrogen-bond acceptors (Lipinski definition) is 1. The van der Waals surface area contributed by atoms with E-state index in [9.17, 15) is 4.39 Å². The van der Waals surface area contributed by atoms with Crippen LogP contribution in [0.4, 0.5) is 4.39 Å². The third-order valence-corrected chi connectivity index (χ3v) is 2.83. The molecule has 2 heterocycles. The summed E-state index contributed by atoms with van der Waals surface area (Å²) in [6.45, 7) is 0. The van der Waals surface area contributed by atoms with Crippen molar-refractivity contribution < 1.29 is 4.39 Å². The molecule has 0 aliphatic carbocycles. The van der Waals surface area contributed by atoms with E-state index in [-0.39, 0.29) is 5.82 Å². The molecular formula is C14H11FN2. The Bertz CT molecular complexity index is 644. The number of nitrogens with one attached hydrogen (secondary N) is 1. The summed E-state index contributed by atoms with van der Waals surface area (Å²) in [5.41, 5.74) is 2.98. The zero-order valence-electron chi connectivity index (χ0n) is 9.15. The van der Waals surface area contributed by atoms with Crippen molar-refractivity contribution in [2.24, 2.45) is 0 Å². The number of rotatable bonds is 2. The molecule has 17 heavy (non-hydrogen) atoms. The maximum absolute atomic E-state index is 13.0. The Morgan fingerprint density at radius 2 is 2.12 bits per heavy atom. The first-order valence-corrected chi connectivity index (χ1v) is 5.48. The second-order valence-electron chi connectivity index (χ2n) is 4.00. The molecule has 0 aliphatic rings. The predicted molar refractivity (Wildman–Crippen MR) is 65.3 cm³/mol. The lowest BCUT2D eigenvalue weighted by Gasteiger charge is -1.99. The summed E-state index contributed by atoms with van der Waals surface area (Å²) in [6.07, 6.45) is 4.45. The van der Waals surface area contributed by atoms with Crippen molar-refractivity contribution in [1.29, 1.82) is 0 Å². The molecule has 0 unspecified atom stereocenters. The van der Waals surface area contributed by atoms with E-state index in [1.807, 2.05) is 24.4 Å². The predicted octanol–water partition coefficient (Wildman–Crippen LogP) is 3.29. The van der Waals surface area contributed by atoms with Gasteiger partial charge in [-0.15, -0.1) is 0 Å². The monoisotopic (exact) mass is 226 g/mol. The Kier molecular flexibility index (Phi) is 2.37. The Balaban J connectivity index is 2.01. The summed E-state index contributed by atoms with van der Waals surface area (Å²) in [4.78, 5) is 7.37. The SMILES string of the molecule is Fc1ccc2c(Cc3ccccn3)c[nH]c2c1. The average molecular weight is 226 g/mol. The van der Waals surface area contributed by atoms with Crippen molar-refractivity contribution in [3.05, 3.63) is 65.9 Å². The lowest BCUT2D eigenvalue weighted by atomic mass is 10.1. The van der Waals surface area contributed by atoms with Gasteiger partial charge in [-0.1, -0.05) is 6.07 Å². The quantitative estimate of drug-likeness (QED) is 0.713. The van der Waals surface area contributed by atoms with Crippen molar-refractivity contribution in [2.45, 2.75) is 6.42 Å². The van der Waals surface area contributed by atoms with Gasteiger partial charge in [0.1, 0.15) is 5.82 Å².